The third kappa shape index (κ3) is 10.6. The van der Waals surface area contributed by atoms with Crippen molar-refractivity contribution in [1.82, 2.24) is 15.5 Å². The molecule has 0 amide bonds. The van der Waals surface area contributed by atoms with Gasteiger partial charge in [0, 0.05) is 39.9 Å². The number of nitrogens with one attached hydrogen (secondary N) is 2. The van der Waals surface area contributed by atoms with Gasteiger partial charge in [0.05, 0.1) is 6.61 Å². The van der Waals surface area contributed by atoms with Crippen LogP contribution in [0.5, 0.6) is 5.75 Å². The maximum absolute atomic E-state index is 5.75. The highest BCUT2D eigenvalue weighted by Gasteiger charge is 2.00. The molecule has 1 aromatic carbocycles. The van der Waals surface area contributed by atoms with Gasteiger partial charge in [0.2, 0.25) is 0 Å². The van der Waals surface area contributed by atoms with E-state index >= 15 is 0 Å². The van der Waals surface area contributed by atoms with E-state index in [1.807, 2.05) is 19.1 Å². The molecule has 0 unspecified atom stereocenters. The summed E-state index contributed by atoms with van der Waals surface area (Å²) in [7, 11) is 5.93. The summed E-state index contributed by atoms with van der Waals surface area (Å²) in [5.74, 6) is 1.72. The van der Waals surface area contributed by atoms with E-state index in [1.165, 1.54) is 5.56 Å². The lowest BCUT2D eigenvalue weighted by Gasteiger charge is -2.13. The molecule has 0 aliphatic carbocycles. The number of guanidine groups is 1. The van der Waals surface area contributed by atoms with Gasteiger partial charge in [-0.3, -0.25) is 4.99 Å². The highest BCUT2D eigenvalue weighted by Crippen LogP contribution is 2.12. The number of nitrogens with zero attached hydrogens (tertiary/aromatic N) is 2. The molecule has 1 aromatic rings. The molecular weight excluding hydrogens is 316 g/mol. The van der Waals surface area contributed by atoms with Crippen LogP contribution in [-0.4, -0.2) is 64.9 Å². The van der Waals surface area contributed by atoms with Crippen LogP contribution in [0.4, 0.5) is 0 Å². The summed E-state index contributed by atoms with van der Waals surface area (Å²) in [4.78, 5) is 6.39. The van der Waals surface area contributed by atoms with Gasteiger partial charge in [0.25, 0.3) is 0 Å². The van der Waals surface area contributed by atoms with Gasteiger partial charge in [-0.25, -0.2) is 0 Å². The minimum Gasteiger partial charge on any atom is -0.494 e. The molecule has 0 aliphatic heterocycles. The quantitative estimate of drug-likeness (QED) is 0.343. The summed E-state index contributed by atoms with van der Waals surface area (Å²) < 4.78 is 11.1. The molecule has 0 saturated heterocycles. The van der Waals surface area contributed by atoms with Gasteiger partial charge in [0.1, 0.15) is 5.75 Å². The molecule has 0 bridgehead atoms. The Bertz CT molecular complexity index is 475. The first kappa shape index (κ1) is 21.3. The Morgan fingerprint density at radius 2 is 1.84 bits per heavy atom. The second kappa shape index (κ2) is 13.5. The fourth-order valence-electron chi connectivity index (χ4n) is 2.21. The molecule has 0 atom stereocenters. The van der Waals surface area contributed by atoms with Crippen LogP contribution in [0.15, 0.2) is 29.3 Å². The van der Waals surface area contributed by atoms with Crippen LogP contribution in [-0.2, 0) is 11.3 Å². The van der Waals surface area contributed by atoms with Gasteiger partial charge in [0.15, 0.2) is 5.96 Å². The van der Waals surface area contributed by atoms with E-state index in [1.54, 1.807) is 7.05 Å². The van der Waals surface area contributed by atoms with Gasteiger partial charge in [-0.05, 0) is 51.6 Å². The van der Waals surface area contributed by atoms with Crippen molar-refractivity contribution < 1.29 is 9.47 Å². The minimum atomic E-state index is 0.728. The highest BCUT2D eigenvalue weighted by atomic mass is 16.5. The standard InChI is InChI=1S/C19H34N4O2/c1-5-24-14-6-12-21-19(20-2)22-16-17-8-10-18(11-9-17)25-15-7-13-23(3)4/h8-11H,5-7,12-16H2,1-4H3,(H2,20,21,22). The normalized spacial score (nSPS) is 11.6. The van der Waals surface area contributed by atoms with Crippen molar-refractivity contribution in [3.05, 3.63) is 29.8 Å². The van der Waals surface area contributed by atoms with Crippen LogP contribution < -0.4 is 15.4 Å². The predicted molar refractivity (Wildman–Crippen MR) is 104 cm³/mol. The Morgan fingerprint density at radius 1 is 1.08 bits per heavy atom. The Labute approximate surface area is 152 Å². The first-order valence-electron chi connectivity index (χ1n) is 9.04. The first-order valence-corrected chi connectivity index (χ1v) is 9.04. The van der Waals surface area contributed by atoms with Crippen molar-refractivity contribution in [1.29, 1.82) is 0 Å². The largest absolute Gasteiger partial charge is 0.494 e. The number of hydrogen-bond acceptors (Lipinski definition) is 4. The van der Waals surface area contributed by atoms with Crippen molar-refractivity contribution in [2.75, 3.05) is 54.1 Å². The molecule has 0 saturated carbocycles. The van der Waals surface area contributed by atoms with Crippen LogP contribution in [0.2, 0.25) is 0 Å². The average molecular weight is 351 g/mol. The molecular formula is C19H34N4O2. The third-order valence-corrected chi connectivity index (χ3v) is 3.59. The van der Waals surface area contributed by atoms with Gasteiger partial charge in [-0.1, -0.05) is 12.1 Å². The second-order valence-corrected chi connectivity index (χ2v) is 6.05. The smallest absolute Gasteiger partial charge is 0.191 e. The molecule has 0 aliphatic rings. The number of benzene rings is 1. The SMILES string of the molecule is CCOCCCNC(=NC)NCc1ccc(OCCCN(C)C)cc1. The van der Waals surface area contributed by atoms with Crippen LogP contribution >= 0.6 is 0 Å². The minimum absolute atomic E-state index is 0.728. The summed E-state index contributed by atoms with van der Waals surface area (Å²) in [5.41, 5.74) is 1.19. The highest BCUT2D eigenvalue weighted by molar-refractivity contribution is 5.79. The Morgan fingerprint density at radius 3 is 2.48 bits per heavy atom. The summed E-state index contributed by atoms with van der Waals surface area (Å²) in [6.45, 7) is 6.91. The maximum atomic E-state index is 5.75. The topological polar surface area (TPSA) is 58.1 Å². The van der Waals surface area contributed by atoms with Crippen molar-refractivity contribution in [3.8, 4) is 5.75 Å². The number of hydrogen-bond donors (Lipinski definition) is 2. The maximum Gasteiger partial charge on any atom is 0.191 e. The van der Waals surface area contributed by atoms with Gasteiger partial charge < -0.3 is 25.0 Å². The molecule has 0 fully saturated rings. The van der Waals surface area contributed by atoms with E-state index in [0.717, 1.165) is 64.0 Å². The number of ether oxygens (including phenoxy) is 2. The Hall–Kier alpha value is -1.79. The van der Waals surface area contributed by atoms with Crippen LogP contribution in [0.3, 0.4) is 0 Å². The summed E-state index contributed by atoms with van der Waals surface area (Å²) >= 11 is 0. The van der Waals surface area contributed by atoms with E-state index in [-0.39, 0.29) is 0 Å². The molecule has 1 rings (SSSR count). The van der Waals surface area contributed by atoms with Crippen molar-refractivity contribution in [2.24, 2.45) is 4.99 Å². The van der Waals surface area contributed by atoms with Crippen LogP contribution in [0, 0.1) is 0 Å². The second-order valence-electron chi connectivity index (χ2n) is 6.05. The van der Waals surface area contributed by atoms with E-state index in [0.29, 0.717) is 0 Å². The van der Waals surface area contributed by atoms with Gasteiger partial charge in [-0.2, -0.15) is 0 Å². The van der Waals surface area contributed by atoms with Crippen molar-refractivity contribution in [3.63, 3.8) is 0 Å². The van der Waals surface area contributed by atoms with E-state index < -0.39 is 0 Å². The fraction of sp³-hybridized carbons (Fsp3) is 0.632. The van der Waals surface area contributed by atoms with Crippen molar-refractivity contribution in [2.45, 2.75) is 26.3 Å². The van der Waals surface area contributed by atoms with E-state index in [4.69, 9.17) is 9.47 Å². The molecule has 142 valence electrons. The Kier molecular flexibility index (Phi) is 11.5. The molecule has 0 spiro atoms. The van der Waals surface area contributed by atoms with E-state index in [9.17, 15) is 0 Å². The number of rotatable bonds is 12. The lowest BCUT2D eigenvalue weighted by Crippen LogP contribution is -2.37. The molecule has 2 N–H and O–H groups in total. The molecule has 0 heterocycles. The van der Waals surface area contributed by atoms with Crippen LogP contribution in [0.1, 0.15) is 25.3 Å². The lowest BCUT2D eigenvalue weighted by molar-refractivity contribution is 0.145. The summed E-state index contributed by atoms with van der Waals surface area (Å²) in [6.07, 6.45) is 2.00. The lowest BCUT2D eigenvalue weighted by atomic mass is 10.2. The molecule has 6 heteroatoms. The third-order valence-electron chi connectivity index (χ3n) is 3.59. The zero-order valence-electron chi connectivity index (χ0n) is 16.2. The van der Waals surface area contributed by atoms with Gasteiger partial charge in [-0.15, -0.1) is 0 Å². The molecule has 0 aromatic heterocycles. The first-order chi connectivity index (χ1) is 12.2. The molecule has 6 nitrogen and oxygen atoms in total. The summed E-state index contributed by atoms with van der Waals surface area (Å²) in [5, 5.41) is 6.60. The van der Waals surface area contributed by atoms with Gasteiger partial charge >= 0.3 is 0 Å². The molecule has 25 heavy (non-hydrogen) atoms. The fourth-order valence-corrected chi connectivity index (χ4v) is 2.21. The number of aliphatic imine (C=N–C) groups is 1. The van der Waals surface area contributed by atoms with Crippen LogP contribution in [0.25, 0.3) is 0 Å². The zero-order chi connectivity index (χ0) is 18.3. The monoisotopic (exact) mass is 350 g/mol. The van der Waals surface area contributed by atoms with Crippen molar-refractivity contribution >= 4 is 5.96 Å². The molecule has 0 radical (unpaired) electrons. The summed E-state index contributed by atoms with van der Waals surface area (Å²) in [6, 6.07) is 8.20. The van der Waals surface area contributed by atoms with E-state index in [2.05, 4.69) is 46.8 Å². The Balaban J connectivity index is 2.25. The zero-order valence-corrected chi connectivity index (χ0v) is 16.2. The average Bonchev–Trinajstić information content (AvgIpc) is 2.62. The predicted octanol–water partition coefficient (Wildman–Crippen LogP) is 2.11.